The molecule has 1 aliphatic carbocycles. The van der Waals surface area contributed by atoms with Gasteiger partial charge >= 0.3 is 0 Å². The van der Waals surface area contributed by atoms with E-state index in [4.69, 9.17) is 5.73 Å². The number of hydrazone groups is 1. The zero-order valence-corrected chi connectivity index (χ0v) is 9.03. The van der Waals surface area contributed by atoms with Crippen LogP contribution in [0.2, 0.25) is 0 Å². The highest BCUT2D eigenvalue weighted by molar-refractivity contribution is 7.80. The molecule has 0 aromatic heterocycles. The molecule has 0 heterocycles. The maximum atomic E-state index is 5.29. The molecule has 0 spiro atoms. The highest BCUT2D eigenvalue weighted by atomic mass is 32.1. The molecule has 4 heteroatoms. The van der Waals surface area contributed by atoms with E-state index in [1.54, 1.807) is 0 Å². The summed E-state index contributed by atoms with van der Waals surface area (Å²) in [7, 11) is 0. The summed E-state index contributed by atoms with van der Waals surface area (Å²) in [5, 5.41) is 4.43. The van der Waals surface area contributed by atoms with E-state index in [-0.39, 0.29) is 5.11 Å². The number of hydrogen-bond donors (Lipinski definition) is 2. The zero-order valence-electron chi connectivity index (χ0n) is 8.21. The fourth-order valence-electron chi connectivity index (χ4n) is 1.97. The van der Waals surface area contributed by atoms with Gasteiger partial charge in [-0.25, -0.2) is 0 Å². The van der Waals surface area contributed by atoms with Crippen molar-refractivity contribution in [1.29, 1.82) is 0 Å². The predicted molar refractivity (Wildman–Crippen MR) is 59.5 cm³/mol. The molecule has 1 rings (SSSR count). The van der Waals surface area contributed by atoms with Crippen molar-refractivity contribution in [1.82, 2.24) is 5.43 Å². The van der Waals surface area contributed by atoms with Gasteiger partial charge in [0.05, 0.1) is 0 Å². The van der Waals surface area contributed by atoms with Gasteiger partial charge in [-0.3, -0.25) is 5.43 Å². The summed E-state index contributed by atoms with van der Waals surface area (Å²) >= 11 is 4.68. The molecule has 1 saturated carbocycles. The Balaban J connectivity index is 2.49. The van der Waals surface area contributed by atoms with Crippen molar-refractivity contribution >= 4 is 23.0 Å². The van der Waals surface area contributed by atoms with Crippen molar-refractivity contribution in [3.63, 3.8) is 0 Å². The van der Waals surface area contributed by atoms with Crippen LogP contribution in [0, 0.1) is 11.8 Å². The Bertz CT molecular complexity index is 213. The van der Waals surface area contributed by atoms with E-state index in [0.29, 0.717) is 0 Å². The second-order valence-electron chi connectivity index (χ2n) is 4.01. The van der Waals surface area contributed by atoms with Crippen LogP contribution in [0.1, 0.15) is 33.1 Å². The summed E-state index contributed by atoms with van der Waals surface area (Å²) in [6.07, 6.45) is 3.44. The molecule has 1 fully saturated rings. The summed E-state index contributed by atoms with van der Waals surface area (Å²) < 4.78 is 0. The maximum absolute atomic E-state index is 5.29. The summed E-state index contributed by atoms with van der Waals surface area (Å²) in [4.78, 5) is 0. The van der Waals surface area contributed by atoms with Crippen molar-refractivity contribution in [2.75, 3.05) is 0 Å². The standard InChI is InChI=1S/C9H17N3S/c1-6-3-7(2)5-8(4-6)11-12-9(10)13/h6-7H,3-5H2,1-2H3,(H3,10,12,13). The molecule has 2 unspecified atom stereocenters. The Morgan fingerprint density at radius 2 is 2.00 bits per heavy atom. The van der Waals surface area contributed by atoms with Gasteiger partial charge in [-0.1, -0.05) is 13.8 Å². The second-order valence-corrected chi connectivity index (χ2v) is 4.45. The summed E-state index contributed by atoms with van der Waals surface area (Å²) in [5.41, 5.74) is 9.14. The van der Waals surface area contributed by atoms with Crippen LogP contribution < -0.4 is 11.2 Å². The van der Waals surface area contributed by atoms with Crippen LogP contribution in [0.3, 0.4) is 0 Å². The molecule has 0 saturated heterocycles. The average molecular weight is 199 g/mol. The minimum absolute atomic E-state index is 0.248. The van der Waals surface area contributed by atoms with Crippen molar-refractivity contribution in [2.24, 2.45) is 22.7 Å². The number of nitrogens with one attached hydrogen (secondary N) is 1. The molecule has 0 radical (unpaired) electrons. The van der Waals surface area contributed by atoms with Gasteiger partial charge in [-0.05, 0) is 43.3 Å². The van der Waals surface area contributed by atoms with Gasteiger partial charge in [0.2, 0.25) is 0 Å². The topological polar surface area (TPSA) is 50.4 Å². The smallest absolute Gasteiger partial charge is 0.184 e. The Morgan fingerprint density at radius 1 is 1.46 bits per heavy atom. The molecular formula is C9H17N3S. The van der Waals surface area contributed by atoms with Gasteiger partial charge in [-0.15, -0.1) is 0 Å². The SMILES string of the molecule is CC1CC(=NNC(N)=S)CC(C)C1. The lowest BCUT2D eigenvalue weighted by molar-refractivity contribution is 0.398. The number of hydrogen-bond acceptors (Lipinski definition) is 2. The molecule has 3 nitrogen and oxygen atoms in total. The lowest BCUT2D eigenvalue weighted by Gasteiger charge is -2.24. The first kappa shape index (κ1) is 10.4. The summed E-state index contributed by atoms with van der Waals surface area (Å²) in [5.74, 6) is 1.46. The quantitative estimate of drug-likeness (QED) is 0.498. The van der Waals surface area contributed by atoms with Gasteiger partial charge in [0.15, 0.2) is 5.11 Å². The van der Waals surface area contributed by atoms with Crippen LogP contribution in [0.25, 0.3) is 0 Å². The van der Waals surface area contributed by atoms with Crippen LogP contribution in [0.5, 0.6) is 0 Å². The first-order valence-corrected chi connectivity index (χ1v) is 5.09. The van der Waals surface area contributed by atoms with Crippen molar-refractivity contribution in [3.8, 4) is 0 Å². The molecule has 0 amide bonds. The Hall–Kier alpha value is -0.640. The Kier molecular flexibility index (Phi) is 3.66. The molecular weight excluding hydrogens is 182 g/mol. The van der Waals surface area contributed by atoms with Crippen LogP contribution in [-0.4, -0.2) is 10.8 Å². The van der Waals surface area contributed by atoms with Crippen molar-refractivity contribution < 1.29 is 0 Å². The predicted octanol–water partition coefficient (Wildman–Crippen LogP) is 1.63. The first-order valence-electron chi connectivity index (χ1n) is 4.68. The third-order valence-corrected chi connectivity index (χ3v) is 2.39. The van der Waals surface area contributed by atoms with E-state index < -0.39 is 0 Å². The zero-order chi connectivity index (χ0) is 9.84. The first-order chi connectivity index (χ1) is 6.08. The largest absolute Gasteiger partial charge is 0.375 e. The monoisotopic (exact) mass is 199 g/mol. The van der Waals surface area contributed by atoms with Gasteiger partial charge in [-0.2, -0.15) is 5.10 Å². The molecule has 13 heavy (non-hydrogen) atoms. The summed E-state index contributed by atoms with van der Waals surface area (Å²) in [6, 6.07) is 0. The van der Waals surface area contributed by atoms with Crippen LogP contribution in [0.15, 0.2) is 5.10 Å². The van der Waals surface area contributed by atoms with E-state index in [1.165, 1.54) is 12.1 Å². The van der Waals surface area contributed by atoms with E-state index in [1.807, 2.05) is 0 Å². The minimum Gasteiger partial charge on any atom is -0.375 e. The maximum Gasteiger partial charge on any atom is 0.184 e. The number of nitrogens with zero attached hydrogens (tertiary/aromatic N) is 1. The second kappa shape index (κ2) is 4.56. The van der Waals surface area contributed by atoms with E-state index in [0.717, 1.165) is 24.7 Å². The molecule has 2 atom stereocenters. The molecule has 1 aliphatic rings. The van der Waals surface area contributed by atoms with E-state index in [9.17, 15) is 0 Å². The summed E-state index contributed by atoms with van der Waals surface area (Å²) in [6.45, 7) is 4.51. The number of rotatable bonds is 1. The average Bonchev–Trinajstić information content (AvgIpc) is 1.99. The number of thiocarbonyl (C=S) groups is 1. The van der Waals surface area contributed by atoms with Crippen LogP contribution in [0.4, 0.5) is 0 Å². The molecule has 0 aliphatic heterocycles. The highest BCUT2D eigenvalue weighted by Gasteiger charge is 2.19. The lowest BCUT2D eigenvalue weighted by Crippen LogP contribution is -2.28. The molecule has 3 N–H and O–H groups in total. The van der Waals surface area contributed by atoms with Crippen LogP contribution >= 0.6 is 12.2 Å². The molecule has 0 aromatic carbocycles. The fourth-order valence-corrected chi connectivity index (χ4v) is 2.01. The van der Waals surface area contributed by atoms with Gasteiger partial charge in [0.1, 0.15) is 0 Å². The Morgan fingerprint density at radius 3 is 2.46 bits per heavy atom. The number of nitrogens with two attached hydrogens (primary N) is 1. The normalized spacial score (nSPS) is 28.3. The molecule has 74 valence electrons. The highest BCUT2D eigenvalue weighted by Crippen LogP contribution is 2.26. The molecule has 0 bridgehead atoms. The minimum atomic E-state index is 0.248. The Labute approximate surface area is 84.8 Å². The van der Waals surface area contributed by atoms with Crippen molar-refractivity contribution in [3.05, 3.63) is 0 Å². The van der Waals surface area contributed by atoms with E-state index >= 15 is 0 Å². The van der Waals surface area contributed by atoms with Gasteiger partial charge in [0.25, 0.3) is 0 Å². The van der Waals surface area contributed by atoms with Crippen LogP contribution in [-0.2, 0) is 0 Å². The third-order valence-electron chi connectivity index (χ3n) is 2.30. The third kappa shape index (κ3) is 3.72. The van der Waals surface area contributed by atoms with Gasteiger partial charge < -0.3 is 5.73 Å². The van der Waals surface area contributed by atoms with Gasteiger partial charge in [0, 0.05) is 5.71 Å². The van der Waals surface area contributed by atoms with Crippen molar-refractivity contribution in [2.45, 2.75) is 33.1 Å². The molecule has 0 aromatic rings. The van der Waals surface area contributed by atoms with E-state index in [2.05, 4.69) is 36.6 Å². The lowest BCUT2D eigenvalue weighted by atomic mass is 9.82. The fraction of sp³-hybridized carbons (Fsp3) is 0.778.